The summed E-state index contributed by atoms with van der Waals surface area (Å²) in [4.78, 5) is 16.4. The van der Waals surface area contributed by atoms with Crippen molar-refractivity contribution in [2.24, 2.45) is 0 Å². The number of hydrogen-bond donors (Lipinski definition) is 2. The quantitative estimate of drug-likeness (QED) is 0.582. The van der Waals surface area contributed by atoms with Crippen LogP contribution in [0.4, 0.5) is 10.8 Å². The molecule has 0 unspecified atom stereocenters. The fourth-order valence-corrected chi connectivity index (χ4v) is 4.16. The molecular formula is C19H19N3O4S2. The molecule has 0 spiro atoms. The van der Waals surface area contributed by atoms with Gasteiger partial charge in [-0.2, -0.15) is 0 Å². The van der Waals surface area contributed by atoms with Crippen LogP contribution in [0.2, 0.25) is 0 Å². The first-order valence-electron chi connectivity index (χ1n) is 8.53. The van der Waals surface area contributed by atoms with E-state index in [0.29, 0.717) is 23.0 Å². The largest absolute Gasteiger partial charge is 0.481 e. The van der Waals surface area contributed by atoms with E-state index in [0.717, 1.165) is 0 Å². The van der Waals surface area contributed by atoms with E-state index in [4.69, 9.17) is 4.74 Å². The number of amides is 1. The Bertz CT molecular complexity index is 1010. The van der Waals surface area contributed by atoms with Gasteiger partial charge in [-0.3, -0.25) is 9.52 Å². The lowest BCUT2D eigenvalue weighted by Crippen LogP contribution is -2.32. The molecule has 3 aromatic rings. The molecule has 0 bridgehead atoms. The van der Waals surface area contributed by atoms with Crippen molar-refractivity contribution >= 4 is 38.1 Å². The van der Waals surface area contributed by atoms with E-state index < -0.39 is 16.1 Å². The Hall–Kier alpha value is -2.91. The molecule has 28 heavy (non-hydrogen) atoms. The van der Waals surface area contributed by atoms with Crippen LogP contribution in [0, 0.1) is 0 Å². The van der Waals surface area contributed by atoms with Gasteiger partial charge in [-0.25, -0.2) is 13.4 Å². The molecule has 7 nitrogen and oxygen atoms in total. The number of carbonyl (C=O) groups is 1. The van der Waals surface area contributed by atoms with Gasteiger partial charge in [-0.1, -0.05) is 25.1 Å². The lowest BCUT2D eigenvalue weighted by molar-refractivity contribution is -0.122. The maximum Gasteiger partial charge on any atom is 0.265 e. The second kappa shape index (κ2) is 8.85. The number of benzene rings is 2. The molecule has 2 aromatic carbocycles. The third-order valence-corrected chi connectivity index (χ3v) is 5.94. The molecule has 1 heterocycles. The molecule has 1 aromatic heterocycles. The minimum Gasteiger partial charge on any atom is -0.481 e. The number of nitrogens with one attached hydrogen (secondary N) is 2. The van der Waals surface area contributed by atoms with E-state index in [2.05, 4.69) is 15.0 Å². The van der Waals surface area contributed by atoms with Crippen molar-refractivity contribution in [1.29, 1.82) is 0 Å². The zero-order chi connectivity index (χ0) is 20.0. The van der Waals surface area contributed by atoms with Crippen LogP contribution in [0.3, 0.4) is 0 Å². The molecule has 0 aliphatic heterocycles. The van der Waals surface area contributed by atoms with Crippen molar-refractivity contribution in [1.82, 2.24) is 4.98 Å². The van der Waals surface area contributed by atoms with Crippen LogP contribution in [-0.2, 0) is 14.8 Å². The van der Waals surface area contributed by atoms with Crippen molar-refractivity contribution in [3.8, 4) is 5.75 Å². The zero-order valence-corrected chi connectivity index (χ0v) is 16.7. The Kier molecular flexibility index (Phi) is 6.27. The van der Waals surface area contributed by atoms with E-state index in [-0.39, 0.29) is 10.8 Å². The third kappa shape index (κ3) is 5.08. The maximum absolute atomic E-state index is 12.5. The Morgan fingerprint density at radius 3 is 2.46 bits per heavy atom. The molecule has 0 saturated heterocycles. The summed E-state index contributed by atoms with van der Waals surface area (Å²) in [7, 11) is -3.73. The fraction of sp³-hybridized carbons (Fsp3) is 0.158. The van der Waals surface area contributed by atoms with Gasteiger partial charge in [0, 0.05) is 17.3 Å². The van der Waals surface area contributed by atoms with Gasteiger partial charge in [0.2, 0.25) is 0 Å². The minimum absolute atomic E-state index is 0.0771. The second-order valence-corrected chi connectivity index (χ2v) is 8.36. The van der Waals surface area contributed by atoms with Gasteiger partial charge in [0.25, 0.3) is 15.9 Å². The van der Waals surface area contributed by atoms with Gasteiger partial charge >= 0.3 is 0 Å². The SMILES string of the molecule is CC[C@H](Oc1ccccc1)C(=O)Nc1ccc(S(=O)(=O)Nc2nccs2)cc1. The number of thiazole rings is 1. The van der Waals surface area contributed by atoms with Crippen molar-refractivity contribution in [2.75, 3.05) is 10.0 Å². The van der Waals surface area contributed by atoms with Crippen LogP contribution in [0.25, 0.3) is 0 Å². The van der Waals surface area contributed by atoms with Crippen LogP contribution in [0.1, 0.15) is 13.3 Å². The van der Waals surface area contributed by atoms with E-state index in [1.807, 2.05) is 25.1 Å². The number of carbonyl (C=O) groups excluding carboxylic acids is 1. The summed E-state index contributed by atoms with van der Waals surface area (Å²) in [6.07, 6.45) is 1.35. The van der Waals surface area contributed by atoms with Crippen molar-refractivity contribution in [3.63, 3.8) is 0 Å². The van der Waals surface area contributed by atoms with Crippen molar-refractivity contribution in [2.45, 2.75) is 24.3 Å². The number of nitrogens with zero attached hydrogens (tertiary/aromatic N) is 1. The average Bonchev–Trinajstić information content (AvgIpc) is 3.19. The number of ether oxygens (including phenoxy) is 1. The van der Waals surface area contributed by atoms with Gasteiger partial charge in [-0.05, 0) is 42.8 Å². The molecule has 0 radical (unpaired) electrons. The summed E-state index contributed by atoms with van der Waals surface area (Å²) >= 11 is 1.19. The highest BCUT2D eigenvalue weighted by molar-refractivity contribution is 7.93. The zero-order valence-electron chi connectivity index (χ0n) is 15.0. The fourth-order valence-electron chi connectivity index (χ4n) is 2.37. The Balaban J connectivity index is 1.65. The molecule has 1 atom stereocenters. The van der Waals surface area contributed by atoms with Crippen molar-refractivity contribution in [3.05, 3.63) is 66.2 Å². The number of hydrogen-bond acceptors (Lipinski definition) is 6. The van der Waals surface area contributed by atoms with Crippen LogP contribution in [0.15, 0.2) is 71.1 Å². The number of sulfonamides is 1. The van der Waals surface area contributed by atoms with Crippen molar-refractivity contribution < 1.29 is 17.9 Å². The lowest BCUT2D eigenvalue weighted by atomic mass is 10.2. The summed E-state index contributed by atoms with van der Waals surface area (Å²) in [5, 5.41) is 4.72. The van der Waals surface area contributed by atoms with E-state index >= 15 is 0 Å². The molecule has 1 amide bonds. The standard InChI is InChI=1S/C19H19N3O4S2/c1-2-17(26-15-6-4-3-5-7-15)18(23)21-14-8-10-16(11-9-14)28(24,25)22-19-20-12-13-27-19/h3-13,17H,2H2,1H3,(H,20,22)(H,21,23)/t17-/m0/s1. The minimum atomic E-state index is -3.73. The number of aromatic nitrogens is 1. The first kappa shape index (κ1) is 19.8. The molecule has 0 saturated carbocycles. The van der Waals surface area contributed by atoms with Gasteiger partial charge in [0.05, 0.1) is 4.90 Å². The van der Waals surface area contributed by atoms with Gasteiger partial charge in [-0.15, -0.1) is 11.3 Å². The summed E-state index contributed by atoms with van der Waals surface area (Å²) in [5.74, 6) is 0.307. The molecule has 9 heteroatoms. The van der Waals surface area contributed by atoms with E-state index in [1.165, 1.54) is 41.8 Å². The summed E-state index contributed by atoms with van der Waals surface area (Å²) in [6, 6.07) is 15.0. The first-order chi connectivity index (χ1) is 13.5. The highest BCUT2D eigenvalue weighted by Gasteiger charge is 2.19. The highest BCUT2D eigenvalue weighted by atomic mass is 32.2. The van der Waals surface area contributed by atoms with Crippen LogP contribution < -0.4 is 14.8 Å². The third-order valence-electron chi connectivity index (χ3n) is 3.77. The molecule has 0 fully saturated rings. The average molecular weight is 418 g/mol. The predicted molar refractivity (Wildman–Crippen MR) is 109 cm³/mol. The van der Waals surface area contributed by atoms with Gasteiger partial charge in [0.15, 0.2) is 11.2 Å². The first-order valence-corrected chi connectivity index (χ1v) is 10.9. The van der Waals surface area contributed by atoms with Crippen LogP contribution in [-0.4, -0.2) is 25.4 Å². The Labute approximate surface area is 167 Å². The smallest absolute Gasteiger partial charge is 0.265 e. The van der Waals surface area contributed by atoms with Crippen LogP contribution >= 0.6 is 11.3 Å². The van der Waals surface area contributed by atoms with E-state index in [9.17, 15) is 13.2 Å². The van der Waals surface area contributed by atoms with Crippen LogP contribution in [0.5, 0.6) is 5.75 Å². The van der Waals surface area contributed by atoms with Gasteiger partial charge < -0.3 is 10.1 Å². The lowest BCUT2D eigenvalue weighted by Gasteiger charge is -2.17. The normalized spacial score (nSPS) is 12.2. The topological polar surface area (TPSA) is 97.4 Å². The van der Waals surface area contributed by atoms with E-state index in [1.54, 1.807) is 17.5 Å². The number of anilines is 2. The molecule has 2 N–H and O–H groups in total. The highest BCUT2D eigenvalue weighted by Crippen LogP contribution is 2.20. The van der Waals surface area contributed by atoms with Gasteiger partial charge in [0.1, 0.15) is 5.75 Å². The predicted octanol–water partition coefficient (Wildman–Crippen LogP) is 3.74. The number of para-hydroxylation sites is 1. The number of rotatable bonds is 8. The Morgan fingerprint density at radius 1 is 1.14 bits per heavy atom. The monoisotopic (exact) mass is 417 g/mol. The Morgan fingerprint density at radius 2 is 1.86 bits per heavy atom. The summed E-state index contributed by atoms with van der Waals surface area (Å²) in [5.41, 5.74) is 0.480. The molecular weight excluding hydrogens is 398 g/mol. The summed E-state index contributed by atoms with van der Waals surface area (Å²) in [6.45, 7) is 1.85. The molecule has 3 rings (SSSR count). The maximum atomic E-state index is 12.5. The molecule has 0 aliphatic carbocycles. The summed E-state index contributed by atoms with van der Waals surface area (Å²) < 4.78 is 32.8. The second-order valence-electron chi connectivity index (χ2n) is 5.78. The molecule has 0 aliphatic rings. The molecule has 146 valence electrons.